The van der Waals surface area contributed by atoms with Gasteiger partial charge >= 0.3 is 0 Å². The van der Waals surface area contributed by atoms with E-state index in [9.17, 15) is 4.79 Å². The second kappa shape index (κ2) is 7.02. The summed E-state index contributed by atoms with van der Waals surface area (Å²) < 4.78 is 5.63. The molecule has 2 aromatic carbocycles. The van der Waals surface area contributed by atoms with Crippen LogP contribution in [-0.4, -0.2) is 31.5 Å². The maximum Gasteiger partial charge on any atom is 0.223 e. The third-order valence-electron chi connectivity index (χ3n) is 5.47. The first kappa shape index (κ1) is 17.0. The van der Waals surface area contributed by atoms with Gasteiger partial charge < -0.3 is 14.5 Å². The highest BCUT2D eigenvalue weighted by Gasteiger charge is 2.30. The van der Waals surface area contributed by atoms with Crippen LogP contribution in [0.2, 0.25) is 0 Å². The van der Waals surface area contributed by atoms with Gasteiger partial charge in [0.25, 0.3) is 0 Å². The van der Waals surface area contributed by atoms with E-state index in [0.717, 1.165) is 31.6 Å². The van der Waals surface area contributed by atoms with Crippen LogP contribution in [0.1, 0.15) is 42.0 Å². The molecule has 1 amide bonds. The number of piperidine rings is 1. The second-order valence-corrected chi connectivity index (χ2v) is 7.46. The first-order valence-corrected chi connectivity index (χ1v) is 9.43. The van der Waals surface area contributed by atoms with Gasteiger partial charge in [-0.25, -0.2) is 0 Å². The molecule has 0 bridgehead atoms. The minimum atomic E-state index is 0.163. The van der Waals surface area contributed by atoms with Crippen molar-refractivity contribution in [3.05, 3.63) is 59.2 Å². The molecule has 2 aliphatic rings. The molecule has 2 aromatic rings. The highest BCUT2D eigenvalue weighted by atomic mass is 16.5. The van der Waals surface area contributed by atoms with E-state index in [2.05, 4.69) is 52.3 Å². The van der Waals surface area contributed by atoms with Gasteiger partial charge in [-0.1, -0.05) is 18.2 Å². The van der Waals surface area contributed by atoms with Crippen molar-refractivity contribution in [1.29, 1.82) is 0 Å². The van der Waals surface area contributed by atoms with Gasteiger partial charge in [0.05, 0.1) is 12.6 Å². The fraction of sp³-hybridized carbons (Fsp3) is 0.409. The lowest BCUT2D eigenvalue weighted by molar-refractivity contribution is -0.137. The Morgan fingerprint density at radius 2 is 1.92 bits per heavy atom. The zero-order valence-electron chi connectivity index (χ0n) is 15.6. The number of anilines is 1. The van der Waals surface area contributed by atoms with Crippen LogP contribution in [0.25, 0.3) is 0 Å². The van der Waals surface area contributed by atoms with E-state index in [1.165, 1.54) is 22.4 Å². The van der Waals surface area contributed by atoms with Crippen LogP contribution in [0.5, 0.6) is 5.75 Å². The van der Waals surface area contributed by atoms with Crippen LogP contribution in [-0.2, 0) is 17.8 Å². The van der Waals surface area contributed by atoms with Gasteiger partial charge in [0.2, 0.25) is 5.91 Å². The minimum absolute atomic E-state index is 0.163. The Morgan fingerprint density at radius 1 is 1.12 bits per heavy atom. The smallest absolute Gasteiger partial charge is 0.223 e. The molecule has 4 heteroatoms. The predicted molar refractivity (Wildman–Crippen MR) is 104 cm³/mol. The summed E-state index contributed by atoms with van der Waals surface area (Å²) in [4.78, 5) is 16.8. The van der Waals surface area contributed by atoms with Crippen molar-refractivity contribution >= 4 is 11.6 Å². The lowest BCUT2D eigenvalue weighted by atomic mass is 9.92. The quantitative estimate of drug-likeness (QED) is 0.837. The molecule has 0 aliphatic carbocycles. The van der Waals surface area contributed by atoms with Crippen LogP contribution in [0, 0.1) is 0 Å². The van der Waals surface area contributed by atoms with Gasteiger partial charge in [-0.3, -0.25) is 4.79 Å². The Kier molecular flexibility index (Phi) is 4.58. The minimum Gasteiger partial charge on any atom is -0.493 e. The summed E-state index contributed by atoms with van der Waals surface area (Å²) in [6.45, 7) is 1.44. The van der Waals surface area contributed by atoms with Gasteiger partial charge in [0, 0.05) is 39.2 Å². The molecule has 4 rings (SSSR count). The number of carbonyl (C=O) groups is 1. The first-order chi connectivity index (χ1) is 12.6. The SMILES string of the molecule is CN(C)c1ccc(CN2C(=O)CCCC2c2ccc3c(c2)CCO3)cc1. The van der Waals surface area contributed by atoms with Crippen molar-refractivity contribution in [3.63, 3.8) is 0 Å². The molecule has 1 fully saturated rings. The molecule has 4 nitrogen and oxygen atoms in total. The number of hydrogen-bond donors (Lipinski definition) is 0. The van der Waals surface area contributed by atoms with E-state index in [0.29, 0.717) is 13.0 Å². The maximum atomic E-state index is 12.7. The maximum absolute atomic E-state index is 12.7. The molecule has 2 aliphatic heterocycles. The standard InChI is InChI=1S/C22H26N2O2/c1-23(2)19-9-6-16(7-10-19)15-24-20(4-3-5-22(24)25)17-8-11-21-18(14-17)12-13-26-21/h6-11,14,20H,3-5,12-13,15H2,1-2H3. The Bertz CT molecular complexity index is 798. The van der Waals surface area contributed by atoms with E-state index in [1.54, 1.807) is 0 Å². The molecule has 1 saturated heterocycles. The Morgan fingerprint density at radius 3 is 2.69 bits per heavy atom. The number of fused-ring (bicyclic) bond motifs is 1. The van der Waals surface area contributed by atoms with Crippen LogP contribution >= 0.6 is 0 Å². The van der Waals surface area contributed by atoms with Crippen molar-refractivity contribution in [3.8, 4) is 5.75 Å². The molecule has 1 atom stereocenters. The van der Waals surface area contributed by atoms with Gasteiger partial charge in [0.15, 0.2) is 0 Å². The van der Waals surface area contributed by atoms with Crippen molar-refractivity contribution in [2.45, 2.75) is 38.3 Å². The largest absolute Gasteiger partial charge is 0.493 e. The van der Waals surface area contributed by atoms with E-state index >= 15 is 0 Å². The number of amides is 1. The summed E-state index contributed by atoms with van der Waals surface area (Å²) in [5, 5.41) is 0. The van der Waals surface area contributed by atoms with Gasteiger partial charge in [-0.2, -0.15) is 0 Å². The lowest BCUT2D eigenvalue weighted by Gasteiger charge is -2.36. The zero-order chi connectivity index (χ0) is 18.1. The molecule has 0 spiro atoms. The molecule has 0 saturated carbocycles. The van der Waals surface area contributed by atoms with Crippen molar-refractivity contribution < 1.29 is 9.53 Å². The number of benzene rings is 2. The first-order valence-electron chi connectivity index (χ1n) is 9.43. The van der Waals surface area contributed by atoms with Crippen LogP contribution < -0.4 is 9.64 Å². The summed E-state index contributed by atoms with van der Waals surface area (Å²) in [5.74, 6) is 1.26. The van der Waals surface area contributed by atoms with Crippen molar-refractivity contribution in [2.75, 3.05) is 25.6 Å². The van der Waals surface area contributed by atoms with Gasteiger partial charge in [0.1, 0.15) is 5.75 Å². The van der Waals surface area contributed by atoms with E-state index < -0.39 is 0 Å². The van der Waals surface area contributed by atoms with E-state index in [-0.39, 0.29) is 11.9 Å². The van der Waals surface area contributed by atoms with Crippen LogP contribution in [0.3, 0.4) is 0 Å². The third-order valence-corrected chi connectivity index (χ3v) is 5.47. The van der Waals surface area contributed by atoms with E-state index in [4.69, 9.17) is 4.74 Å². The predicted octanol–water partition coefficient (Wildman–Crippen LogP) is 3.94. The number of nitrogens with zero attached hydrogens (tertiary/aromatic N) is 2. The number of ether oxygens (including phenoxy) is 1. The lowest BCUT2D eigenvalue weighted by Crippen LogP contribution is -2.37. The molecular formula is C22H26N2O2. The number of rotatable bonds is 4. The highest BCUT2D eigenvalue weighted by molar-refractivity contribution is 5.77. The normalized spacial score (nSPS) is 19.2. The third kappa shape index (κ3) is 3.28. The molecule has 0 N–H and O–H groups in total. The Labute approximate surface area is 155 Å². The number of hydrogen-bond acceptors (Lipinski definition) is 3. The number of carbonyl (C=O) groups excluding carboxylic acids is 1. The topological polar surface area (TPSA) is 32.8 Å². The fourth-order valence-corrected chi connectivity index (χ4v) is 3.97. The van der Waals surface area contributed by atoms with Crippen LogP contribution in [0.15, 0.2) is 42.5 Å². The molecule has 2 heterocycles. The molecule has 26 heavy (non-hydrogen) atoms. The monoisotopic (exact) mass is 350 g/mol. The summed E-state index contributed by atoms with van der Waals surface area (Å²) >= 11 is 0. The zero-order valence-corrected chi connectivity index (χ0v) is 15.6. The summed E-state index contributed by atoms with van der Waals surface area (Å²) in [6.07, 6.45) is 3.62. The molecular weight excluding hydrogens is 324 g/mol. The Hall–Kier alpha value is -2.49. The number of likely N-dealkylation sites (tertiary alicyclic amines) is 1. The fourth-order valence-electron chi connectivity index (χ4n) is 3.97. The second-order valence-electron chi connectivity index (χ2n) is 7.46. The Balaban J connectivity index is 1.58. The average molecular weight is 350 g/mol. The van der Waals surface area contributed by atoms with Crippen LogP contribution in [0.4, 0.5) is 5.69 Å². The van der Waals surface area contributed by atoms with Crippen molar-refractivity contribution in [1.82, 2.24) is 4.90 Å². The molecule has 1 unspecified atom stereocenters. The van der Waals surface area contributed by atoms with Gasteiger partial charge in [-0.05, 0) is 53.8 Å². The van der Waals surface area contributed by atoms with E-state index in [1.807, 2.05) is 14.1 Å². The molecule has 0 radical (unpaired) electrons. The van der Waals surface area contributed by atoms with Gasteiger partial charge in [-0.15, -0.1) is 0 Å². The molecule has 0 aromatic heterocycles. The van der Waals surface area contributed by atoms with Crippen molar-refractivity contribution in [2.24, 2.45) is 0 Å². The summed E-state index contributed by atoms with van der Waals surface area (Å²) in [6, 6.07) is 15.1. The summed E-state index contributed by atoms with van der Waals surface area (Å²) in [7, 11) is 4.08. The highest BCUT2D eigenvalue weighted by Crippen LogP contribution is 2.36. The average Bonchev–Trinajstić information content (AvgIpc) is 3.11. The summed E-state index contributed by atoms with van der Waals surface area (Å²) in [5.41, 5.74) is 4.87. The molecule has 136 valence electrons.